The highest BCUT2D eigenvalue weighted by Crippen LogP contribution is 2.26. The van der Waals surface area contributed by atoms with Crippen LogP contribution < -0.4 is 0 Å². The summed E-state index contributed by atoms with van der Waals surface area (Å²) in [6, 6.07) is 5.89. The van der Waals surface area contributed by atoms with Crippen molar-refractivity contribution >= 4 is 11.6 Å². The van der Waals surface area contributed by atoms with Crippen LogP contribution in [0, 0.1) is 0 Å². The molecule has 0 bridgehead atoms. The first-order chi connectivity index (χ1) is 13.6. The molecule has 0 aliphatic carbocycles. The number of carbonyl (C=O) groups is 1. The van der Waals surface area contributed by atoms with Gasteiger partial charge in [-0.05, 0) is 31.4 Å². The minimum absolute atomic E-state index is 0.183. The van der Waals surface area contributed by atoms with Gasteiger partial charge in [0.1, 0.15) is 5.82 Å². The van der Waals surface area contributed by atoms with Gasteiger partial charge >= 0.3 is 0 Å². The normalized spacial score (nSPS) is 17.5. The van der Waals surface area contributed by atoms with Crippen molar-refractivity contribution in [2.45, 2.75) is 57.8 Å². The molecule has 8 nitrogen and oxygen atoms in total. The van der Waals surface area contributed by atoms with E-state index in [1.54, 1.807) is 0 Å². The summed E-state index contributed by atoms with van der Waals surface area (Å²) in [4.78, 5) is 19.0. The number of fused-ring (bicyclic) bond motifs is 1. The van der Waals surface area contributed by atoms with Crippen LogP contribution in [0.4, 0.5) is 0 Å². The van der Waals surface area contributed by atoms with E-state index in [1.807, 2.05) is 47.5 Å². The maximum absolute atomic E-state index is 12.7. The van der Waals surface area contributed by atoms with Crippen molar-refractivity contribution < 1.29 is 9.32 Å². The zero-order valence-electron chi connectivity index (χ0n) is 16.4. The molecule has 0 saturated carbocycles. The van der Waals surface area contributed by atoms with Crippen LogP contribution in [0.15, 0.2) is 28.9 Å². The molecule has 28 heavy (non-hydrogen) atoms. The standard InChI is InChI=1S/C20H26N6O2/c1-14(2)19-21-17(28-24-19)9-5-10-18(27)25-11-6-7-15(13-25)20-23-22-16-8-3-4-12-26(16)20/h3-4,8,12,14-15H,5-7,9-11,13H2,1-2H3/t15-/m0/s1. The molecule has 4 rings (SSSR count). The highest BCUT2D eigenvalue weighted by atomic mass is 16.5. The Balaban J connectivity index is 1.33. The zero-order valence-corrected chi connectivity index (χ0v) is 16.4. The molecule has 0 N–H and O–H groups in total. The number of pyridine rings is 1. The lowest BCUT2D eigenvalue weighted by Crippen LogP contribution is -2.39. The van der Waals surface area contributed by atoms with Gasteiger partial charge in [-0.25, -0.2) is 0 Å². The largest absolute Gasteiger partial charge is 0.342 e. The lowest BCUT2D eigenvalue weighted by atomic mass is 9.96. The Hall–Kier alpha value is -2.77. The molecule has 148 valence electrons. The molecule has 1 amide bonds. The summed E-state index contributed by atoms with van der Waals surface area (Å²) in [5.74, 6) is 2.93. The number of aromatic nitrogens is 5. The number of hydrogen-bond donors (Lipinski definition) is 0. The summed E-state index contributed by atoms with van der Waals surface area (Å²) in [5, 5.41) is 12.6. The number of carbonyl (C=O) groups excluding carboxylic acids is 1. The number of amides is 1. The fraction of sp³-hybridized carbons (Fsp3) is 0.550. The summed E-state index contributed by atoms with van der Waals surface area (Å²) in [5.41, 5.74) is 0.848. The van der Waals surface area contributed by atoms with E-state index in [9.17, 15) is 4.79 Å². The molecule has 4 heterocycles. The number of hydrogen-bond acceptors (Lipinski definition) is 6. The van der Waals surface area contributed by atoms with Crippen LogP contribution in [-0.4, -0.2) is 48.6 Å². The fourth-order valence-electron chi connectivity index (χ4n) is 3.71. The molecule has 0 aromatic carbocycles. The summed E-state index contributed by atoms with van der Waals surface area (Å²) in [7, 11) is 0. The molecule has 1 fully saturated rings. The van der Waals surface area contributed by atoms with Crippen molar-refractivity contribution in [2.75, 3.05) is 13.1 Å². The number of likely N-dealkylation sites (tertiary alicyclic amines) is 1. The van der Waals surface area contributed by atoms with Crippen LogP contribution in [0.5, 0.6) is 0 Å². The van der Waals surface area contributed by atoms with Gasteiger partial charge in [-0.2, -0.15) is 4.98 Å². The van der Waals surface area contributed by atoms with E-state index in [0.717, 1.165) is 36.7 Å². The Morgan fingerprint density at radius 1 is 1.32 bits per heavy atom. The Morgan fingerprint density at radius 2 is 2.21 bits per heavy atom. The minimum atomic E-state index is 0.183. The van der Waals surface area contributed by atoms with E-state index in [-0.39, 0.29) is 17.7 Å². The third kappa shape index (κ3) is 3.90. The van der Waals surface area contributed by atoms with Crippen molar-refractivity contribution in [2.24, 2.45) is 0 Å². The van der Waals surface area contributed by atoms with Gasteiger partial charge in [0.15, 0.2) is 11.5 Å². The Labute approximate surface area is 163 Å². The average molecular weight is 382 g/mol. The van der Waals surface area contributed by atoms with Gasteiger partial charge in [-0.15, -0.1) is 10.2 Å². The SMILES string of the molecule is CC(C)c1noc(CCCC(=O)N2CCC[C@H](c3nnc4ccccn34)C2)n1. The Bertz CT molecular complexity index is 947. The van der Waals surface area contributed by atoms with Crippen LogP contribution in [0.25, 0.3) is 5.65 Å². The van der Waals surface area contributed by atoms with Crippen molar-refractivity contribution in [3.63, 3.8) is 0 Å². The topological polar surface area (TPSA) is 89.4 Å². The van der Waals surface area contributed by atoms with Crippen molar-refractivity contribution in [3.05, 3.63) is 41.9 Å². The van der Waals surface area contributed by atoms with Crippen LogP contribution >= 0.6 is 0 Å². The Kier molecular flexibility index (Phi) is 5.36. The monoisotopic (exact) mass is 382 g/mol. The predicted octanol–water partition coefficient (Wildman–Crippen LogP) is 2.96. The van der Waals surface area contributed by atoms with E-state index in [2.05, 4.69) is 20.3 Å². The molecular formula is C20H26N6O2. The molecule has 3 aromatic heterocycles. The molecule has 8 heteroatoms. The predicted molar refractivity (Wildman–Crippen MR) is 103 cm³/mol. The van der Waals surface area contributed by atoms with Gasteiger partial charge in [0, 0.05) is 44.0 Å². The molecule has 3 aromatic rings. The molecule has 1 aliphatic rings. The van der Waals surface area contributed by atoms with Gasteiger partial charge in [0.05, 0.1) is 0 Å². The van der Waals surface area contributed by atoms with E-state index in [4.69, 9.17) is 4.52 Å². The van der Waals surface area contributed by atoms with Crippen LogP contribution in [0.3, 0.4) is 0 Å². The zero-order chi connectivity index (χ0) is 19.5. The van der Waals surface area contributed by atoms with E-state index in [1.165, 1.54) is 0 Å². The second kappa shape index (κ2) is 8.08. The lowest BCUT2D eigenvalue weighted by Gasteiger charge is -2.32. The van der Waals surface area contributed by atoms with Crippen molar-refractivity contribution in [1.29, 1.82) is 0 Å². The quantitative estimate of drug-likeness (QED) is 0.651. The highest BCUT2D eigenvalue weighted by molar-refractivity contribution is 5.76. The highest BCUT2D eigenvalue weighted by Gasteiger charge is 2.27. The number of nitrogens with zero attached hydrogens (tertiary/aromatic N) is 6. The number of aryl methyl sites for hydroxylation is 1. The summed E-state index contributed by atoms with van der Waals surface area (Å²) < 4.78 is 7.28. The lowest BCUT2D eigenvalue weighted by molar-refractivity contribution is -0.132. The van der Waals surface area contributed by atoms with Gasteiger partial charge in [-0.3, -0.25) is 9.20 Å². The third-order valence-corrected chi connectivity index (χ3v) is 5.26. The van der Waals surface area contributed by atoms with Crippen LogP contribution in [0.2, 0.25) is 0 Å². The third-order valence-electron chi connectivity index (χ3n) is 5.26. The first-order valence-electron chi connectivity index (χ1n) is 10.0. The second-order valence-corrected chi connectivity index (χ2v) is 7.72. The molecule has 0 unspecified atom stereocenters. The maximum Gasteiger partial charge on any atom is 0.226 e. The van der Waals surface area contributed by atoms with E-state index < -0.39 is 0 Å². The smallest absolute Gasteiger partial charge is 0.226 e. The molecule has 1 aliphatic heterocycles. The van der Waals surface area contributed by atoms with Gasteiger partial charge < -0.3 is 9.42 Å². The average Bonchev–Trinajstić information content (AvgIpc) is 3.35. The summed E-state index contributed by atoms with van der Waals surface area (Å²) >= 11 is 0. The molecular weight excluding hydrogens is 356 g/mol. The molecule has 1 atom stereocenters. The van der Waals surface area contributed by atoms with Gasteiger partial charge in [0.2, 0.25) is 11.8 Å². The number of rotatable bonds is 6. The first kappa shape index (κ1) is 18.6. The molecule has 0 radical (unpaired) electrons. The van der Waals surface area contributed by atoms with Crippen molar-refractivity contribution in [1.82, 2.24) is 29.6 Å². The summed E-state index contributed by atoms with van der Waals surface area (Å²) in [6.07, 6.45) is 5.85. The molecule has 0 spiro atoms. The van der Waals surface area contributed by atoms with E-state index in [0.29, 0.717) is 31.7 Å². The van der Waals surface area contributed by atoms with Crippen LogP contribution in [0.1, 0.15) is 68.9 Å². The van der Waals surface area contributed by atoms with Crippen molar-refractivity contribution in [3.8, 4) is 0 Å². The molecule has 1 saturated heterocycles. The maximum atomic E-state index is 12.7. The fourth-order valence-corrected chi connectivity index (χ4v) is 3.71. The van der Waals surface area contributed by atoms with E-state index >= 15 is 0 Å². The van der Waals surface area contributed by atoms with Gasteiger partial charge in [0.25, 0.3) is 0 Å². The Morgan fingerprint density at radius 3 is 3.04 bits per heavy atom. The van der Waals surface area contributed by atoms with Crippen LogP contribution in [-0.2, 0) is 11.2 Å². The number of piperidine rings is 1. The first-order valence-corrected chi connectivity index (χ1v) is 10.0. The second-order valence-electron chi connectivity index (χ2n) is 7.72. The van der Waals surface area contributed by atoms with Gasteiger partial charge in [-0.1, -0.05) is 25.1 Å². The minimum Gasteiger partial charge on any atom is -0.342 e. The summed E-state index contributed by atoms with van der Waals surface area (Å²) in [6.45, 7) is 5.57.